The number of nitrogens with zero attached hydrogens (tertiary/aromatic N) is 1. The number of amides is 2. The molecule has 0 radical (unpaired) electrons. The van der Waals surface area contributed by atoms with Crippen LogP contribution in [0.3, 0.4) is 0 Å². The van der Waals surface area contributed by atoms with Crippen LogP contribution >= 0.6 is 0 Å². The van der Waals surface area contributed by atoms with Gasteiger partial charge in [0.25, 0.3) is 11.8 Å². The predicted molar refractivity (Wildman–Crippen MR) is 106 cm³/mol. The highest BCUT2D eigenvalue weighted by molar-refractivity contribution is 5.95. The average molecular weight is 379 g/mol. The lowest BCUT2D eigenvalue weighted by molar-refractivity contribution is 0.0948. The van der Waals surface area contributed by atoms with Crippen LogP contribution in [0.25, 0.3) is 11.3 Å². The molecule has 0 saturated carbocycles. The number of aromatic nitrogens is 2. The SMILES string of the molecule is Nc1ccc(C(=O)NCCCNC(=O)c2cc(-c3ccccc3)n[nH]2)cc1O. The Morgan fingerprint density at radius 3 is 2.43 bits per heavy atom. The van der Waals surface area contributed by atoms with Crippen LogP contribution in [0.2, 0.25) is 0 Å². The summed E-state index contributed by atoms with van der Waals surface area (Å²) in [5.74, 6) is -0.707. The van der Waals surface area contributed by atoms with Crippen molar-refractivity contribution in [3.05, 3.63) is 65.9 Å². The lowest BCUT2D eigenvalue weighted by Crippen LogP contribution is -2.30. The van der Waals surface area contributed by atoms with Crippen LogP contribution in [0, 0.1) is 0 Å². The molecular formula is C20H21N5O3. The first-order valence-corrected chi connectivity index (χ1v) is 8.80. The van der Waals surface area contributed by atoms with Crippen LogP contribution in [0.4, 0.5) is 5.69 Å². The van der Waals surface area contributed by atoms with Gasteiger partial charge in [0.15, 0.2) is 0 Å². The molecule has 0 saturated heterocycles. The van der Waals surface area contributed by atoms with E-state index in [1.54, 1.807) is 6.07 Å². The number of carbonyl (C=O) groups is 2. The number of nitrogen functional groups attached to an aromatic ring is 1. The van der Waals surface area contributed by atoms with Gasteiger partial charge in [-0.2, -0.15) is 5.10 Å². The van der Waals surface area contributed by atoms with E-state index in [0.717, 1.165) is 5.56 Å². The summed E-state index contributed by atoms with van der Waals surface area (Å²) in [6.07, 6.45) is 0.554. The van der Waals surface area contributed by atoms with Crippen LogP contribution in [0.1, 0.15) is 27.3 Å². The fraction of sp³-hybridized carbons (Fsp3) is 0.150. The number of hydrogen-bond acceptors (Lipinski definition) is 5. The average Bonchev–Trinajstić information content (AvgIpc) is 3.20. The van der Waals surface area contributed by atoms with Gasteiger partial charge in [-0.15, -0.1) is 0 Å². The Labute approximate surface area is 161 Å². The van der Waals surface area contributed by atoms with Crippen molar-refractivity contribution in [2.24, 2.45) is 0 Å². The topological polar surface area (TPSA) is 133 Å². The number of phenolic OH excluding ortho intramolecular Hbond substituents is 1. The second kappa shape index (κ2) is 8.72. The molecule has 0 aliphatic rings. The molecule has 0 unspecified atom stereocenters. The number of rotatable bonds is 7. The van der Waals surface area contributed by atoms with Crippen molar-refractivity contribution in [1.82, 2.24) is 20.8 Å². The van der Waals surface area contributed by atoms with E-state index in [-0.39, 0.29) is 23.3 Å². The van der Waals surface area contributed by atoms with E-state index in [0.29, 0.717) is 36.5 Å². The smallest absolute Gasteiger partial charge is 0.269 e. The second-order valence-corrected chi connectivity index (χ2v) is 6.17. The highest BCUT2D eigenvalue weighted by Gasteiger charge is 2.11. The molecule has 8 nitrogen and oxygen atoms in total. The van der Waals surface area contributed by atoms with Crippen LogP contribution in [0.15, 0.2) is 54.6 Å². The Morgan fingerprint density at radius 2 is 1.71 bits per heavy atom. The number of aromatic hydroxyl groups is 1. The van der Waals surface area contributed by atoms with Crippen LogP contribution in [-0.4, -0.2) is 40.2 Å². The number of H-pyrrole nitrogens is 1. The molecule has 0 fully saturated rings. The first kappa shape index (κ1) is 19.0. The minimum atomic E-state index is -0.317. The molecule has 3 rings (SSSR count). The normalized spacial score (nSPS) is 10.4. The molecule has 0 atom stereocenters. The molecule has 0 aliphatic carbocycles. The van der Waals surface area contributed by atoms with Gasteiger partial charge in [0.2, 0.25) is 0 Å². The van der Waals surface area contributed by atoms with Gasteiger partial charge >= 0.3 is 0 Å². The van der Waals surface area contributed by atoms with Gasteiger partial charge in [-0.3, -0.25) is 14.7 Å². The number of carbonyl (C=O) groups excluding carboxylic acids is 2. The van der Waals surface area contributed by atoms with E-state index < -0.39 is 0 Å². The number of nitrogens with one attached hydrogen (secondary N) is 3. The largest absolute Gasteiger partial charge is 0.506 e. The van der Waals surface area contributed by atoms with Gasteiger partial charge < -0.3 is 21.5 Å². The minimum Gasteiger partial charge on any atom is -0.506 e. The van der Waals surface area contributed by atoms with Crippen molar-refractivity contribution >= 4 is 17.5 Å². The first-order valence-electron chi connectivity index (χ1n) is 8.80. The quantitative estimate of drug-likeness (QED) is 0.243. The molecule has 2 aromatic carbocycles. The summed E-state index contributed by atoms with van der Waals surface area (Å²) in [7, 11) is 0. The van der Waals surface area contributed by atoms with E-state index in [9.17, 15) is 14.7 Å². The molecule has 2 amide bonds. The van der Waals surface area contributed by atoms with E-state index in [4.69, 9.17) is 5.73 Å². The fourth-order valence-corrected chi connectivity index (χ4v) is 2.57. The van der Waals surface area contributed by atoms with Crippen LogP contribution < -0.4 is 16.4 Å². The van der Waals surface area contributed by atoms with Gasteiger partial charge in [0, 0.05) is 24.2 Å². The van der Waals surface area contributed by atoms with E-state index in [2.05, 4.69) is 20.8 Å². The Morgan fingerprint density at radius 1 is 1.00 bits per heavy atom. The highest BCUT2D eigenvalue weighted by atomic mass is 16.3. The molecule has 28 heavy (non-hydrogen) atoms. The van der Waals surface area contributed by atoms with Gasteiger partial charge in [-0.1, -0.05) is 30.3 Å². The molecule has 3 aromatic rings. The number of phenols is 1. The lowest BCUT2D eigenvalue weighted by atomic mass is 10.1. The van der Waals surface area contributed by atoms with Gasteiger partial charge in [0.05, 0.1) is 11.4 Å². The van der Waals surface area contributed by atoms with Crippen molar-refractivity contribution in [3.63, 3.8) is 0 Å². The van der Waals surface area contributed by atoms with E-state index in [1.165, 1.54) is 18.2 Å². The Hall–Kier alpha value is -3.81. The van der Waals surface area contributed by atoms with Crippen molar-refractivity contribution < 1.29 is 14.7 Å². The summed E-state index contributed by atoms with van der Waals surface area (Å²) in [6, 6.07) is 15.6. The molecule has 6 N–H and O–H groups in total. The van der Waals surface area contributed by atoms with Gasteiger partial charge in [-0.25, -0.2) is 0 Å². The number of anilines is 1. The Balaban J connectivity index is 1.41. The number of benzene rings is 2. The Bertz CT molecular complexity index is 969. The molecule has 1 heterocycles. The summed E-state index contributed by atoms with van der Waals surface area (Å²) in [6.45, 7) is 0.772. The van der Waals surface area contributed by atoms with E-state index >= 15 is 0 Å². The molecule has 0 bridgehead atoms. The summed E-state index contributed by atoms with van der Waals surface area (Å²) in [5.41, 5.74) is 8.05. The molecule has 0 aliphatic heterocycles. The number of nitrogens with two attached hydrogens (primary N) is 1. The molecule has 0 spiro atoms. The minimum absolute atomic E-state index is 0.130. The highest BCUT2D eigenvalue weighted by Crippen LogP contribution is 2.20. The first-order chi connectivity index (χ1) is 13.5. The van der Waals surface area contributed by atoms with Crippen LogP contribution in [-0.2, 0) is 0 Å². The summed E-state index contributed by atoms with van der Waals surface area (Å²) in [4.78, 5) is 24.2. The number of hydrogen-bond donors (Lipinski definition) is 5. The van der Waals surface area contributed by atoms with Crippen molar-refractivity contribution in [2.75, 3.05) is 18.8 Å². The van der Waals surface area contributed by atoms with Crippen LogP contribution in [0.5, 0.6) is 5.75 Å². The molecule has 1 aromatic heterocycles. The van der Waals surface area contributed by atoms with Crippen molar-refractivity contribution in [3.8, 4) is 17.0 Å². The zero-order chi connectivity index (χ0) is 19.9. The maximum Gasteiger partial charge on any atom is 0.269 e. The third-order valence-corrected chi connectivity index (χ3v) is 4.11. The maximum absolute atomic E-state index is 12.2. The van der Waals surface area contributed by atoms with Crippen molar-refractivity contribution in [2.45, 2.75) is 6.42 Å². The maximum atomic E-state index is 12.2. The summed E-state index contributed by atoms with van der Waals surface area (Å²) in [5, 5.41) is 21.9. The fourth-order valence-electron chi connectivity index (χ4n) is 2.57. The lowest BCUT2D eigenvalue weighted by Gasteiger charge is -2.07. The Kier molecular flexibility index (Phi) is 5.91. The zero-order valence-corrected chi connectivity index (χ0v) is 15.1. The number of aromatic amines is 1. The third-order valence-electron chi connectivity index (χ3n) is 4.11. The summed E-state index contributed by atoms with van der Waals surface area (Å²) >= 11 is 0. The second-order valence-electron chi connectivity index (χ2n) is 6.17. The van der Waals surface area contributed by atoms with Crippen molar-refractivity contribution in [1.29, 1.82) is 0 Å². The standard InChI is InChI=1S/C20H21N5O3/c21-15-8-7-14(11-18(15)26)19(27)22-9-4-10-23-20(28)17-12-16(24-25-17)13-5-2-1-3-6-13/h1-3,5-8,11-12,26H,4,9-10,21H2,(H,22,27)(H,23,28)(H,24,25). The third kappa shape index (κ3) is 4.67. The molecular weight excluding hydrogens is 358 g/mol. The zero-order valence-electron chi connectivity index (χ0n) is 15.1. The predicted octanol–water partition coefficient (Wildman–Crippen LogP) is 1.91. The summed E-state index contributed by atoms with van der Waals surface area (Å²) < 4.78 is 0. The molecule has 144 valence electrons. The van der Waals surface area contributed by atoms with Gasteiger partial charge in [-0.05, 0) is 30.7 Å². The van der Waals surface area contributed by atoms with E-state index in [1.807, 2.05) is 30.3 Å². The molecule has 8 heteroatoms. The monoisotopic (exact) mass is 379 g/mol. The van der Waals surface area contributed by atoms with Gasteiger partial charge in [0.1, 0.15) is 11.4 Å².